The average Bonchev–Trinajstić information content (AvgIpc) is 3.33. The second-order valence-corrected chi connectivity index (χ2v) is 9.70. The number of amides is 1. The van der Waals surface area contributed by atoms with E-state index in [9.17, 15) is 4.79 Å². The molecule has 1 N–H and O–H groups in total. The lowest BCUT2D eigenvalue weighted by atomic mass is 10.0. The van der Waals surface area contributed by atoms with Crippen LogP contribution in [0.5, 0.6) is 0 Å². The Bertz CT molecular complexity index is 1070. The standard InChI is InChI=1S/C24H28N4O2S/c1-5-16-6-8-18(9-7-16)22-20(12-26-28(22)24(2,3)4)23-27-19(15-31-23)10-21(29)25-11-17-13-30-14-17/h5-9,12,15,17H,1,10-11,13-14H2,2-4H3,(H,25,29). The van der Waals surface area contributed by atoms with Gasteiger partial charge in [-0.05, 0) is 26.3 Å². The van der Waals surface area contributed by atoms with Crippen molar-refractivity contribution in [3.63, 3.8) is 0 Å². The van der Waals surface area contributed by atoms with Crippen molar-refractivity contribution in [1.29, 1.82) is 0 Å². The molecule has 4 rings (SSSR count). The van der Waals surface area contributed by atoms with Crippen molar-refractivity contribution < 1.29 is 9.53 Å². The van der Waals surface area contributed by atoms with Gasteiger partial charge in [-0.2, -0.15) is 5.10 Å². The molecule has 7 heteroatoms. The molecule has 6 nitrogen and oxygen atoms in total. The van der Waals surface area contributed by atoms with Gasteiger partial charge in [-0.15, -0.1) is 11.3 Å². The van der Waals surface area contributed by atoms with Crippen LogP contribution in [0.1, 0.15) is 32.0 Å². The zero-order chi connectivity index (χ0) is 22.0. The Morgan fingerprint density at radius 3 is 2.68 bits per heavy atom. The van der Waals surface area contributed by atoms with Crippen molar-refractivity contribution in [2.75, 3.05) is 19.8 Å². The predicted octanol–water partition coefficient (Wildman–Crippen LogP) is 4.38. The molecule has 1 aliphatic heterocycles. The fourth-order valence-electron chi connectivity index (χ4n) is 3.47. The summed E-state index contributed by atoms with van der Waals surface area (Å²) in [5, 5.41) is 10.5. The molecule has 0 unspecified atom stereocenters. The summed E-state index contributed by atoms with van der Waals surface area (Å²) in [4.78, 5) is 17.0. The fraction of sp³-hybridized carbons (Fsp3) is 0.375. The van der Waals surface area contributed by atoms with Crippen LogP contribution >= 0.6 is 11.3 Å². The summed E-state index contributed by atoms with van der Waals surface area (Å²) in [5.74, 6) is 0.433. The first-order chi connectivity index (χ1) is 14.8. The highest BCUT2D eigenvalue weighted by Crippen LogP contribution is 2.36. The van der Waals surface area contributed by atoms with Crippen LogP contribution in [0.4, 0.5) is 0 Å². The van der Waals surface area contributed by atoms with Crippen molar-refractivity contribution in [1.82, 2.24) is 20.1 Å². The molecule has 31 heavy (non-hydrogen) atoms. The van der Waals surface area contributed by atoms with Crippen LogP contribution in [0.3, 0.4) is 0 Å². The van der Waals surface area contributed by atoms with Gasteiger partial charge in [0.15, 0.2) is 0 Å². The minimum absolute atomic E-state index is 0.00521. The molecule has 1 fully saturated rings. The third kappa shape index (κ3) is 4.78. The van der Waals surface area contributed by atoms with E-state index in [0.717, 1.165) is 46.3 Å². The number of thiazole rings is 1. The topological polar surface area (TPSA) is 69.0 Å². The van der Waals surface area contributed by atoms with Gasteiger partial charge >= 0.3 is 0 Å². The molecular weight excluding hydrogens is 408 g/mol. The summed E-state index contributed by atoms with van der Waals surface area (Å²) in [7, 11) is 0. The third-order valence-corrected chi connectivity index (χ3v) is 6.17. The lowest BCUT2D eigenvalue weighted by molar-refractivity contribution is -0.121. The number of aromatic nitrogens is 3. The Balaban J connectivity index is 1.59. The van der Waals surface area contributed by atoms with Gasteiger partial charge in [0.1, 0.15) is 5.01 Å². The number of carbonyl (C=O) groups excluding carboxylic acids is 1. The highest BCUT2D eigenvalue weighted by molar-refractivity contribution is 7.13. The molecule has 0 bridgehead atoms. The van der Waals surface area contributed by atoms with Gasteiger partial charge in [-0.1, -0.05) is 36.9 Å². The normalized spacial score (nSPS) is 14.3. The molecule has 0 radical (unpaired) electrons. The Hall–Kier alpha value is -2.77. The van der Waals surface area contributed by atoms with E-state index in [4.69, 9.17) is 9.72 Å². The lowest BCUT2D eigenvalue weighted by Gasteiger charge is -2.25. The zero-order valence-electron chi connectivity index (χ0n) is 18.2. The zero-order valence-corrected chi connectivity index (χ0v) is 19.0. The molecule has 162 valence electrons. The van der Waals surface area contributed by atoms with Crippen molar-refractivity contribution in [3.05, 3.63) is 53.7 Å². The second-order valence-electron chi connectivity index (χ2n) is 8.84. The number of ether oxygens (including phenoxy) is 1. The predicted molar refractivity (Wildman–Crippen MR) is 125 cm³/mol. The maximum absolute atomic E-state index is 12.3. The minimum atomic E-state index is -0.185. The van der Waals surface area contributed by atoms with Gasteiger partial charge in [0.25, 0.3) is 0 Å². The molecule has 1 amide bonds. The molecular formula is C24H28N4O2S. The Morgan fingerprint density at radius 1 is 1.32 bits per heavy atom. The maximum Gasteiger partial charge on any atom is 0.226 e. The molecule has 0 aliphatic carbocycles. The van der Waals surface area contributed by atoms with Crippen molar-refractivity contribution in [2.24, 2.45) is 5.92 Å². The summed E-state index contributed by atoms with van der Waals surface area (Å²) < 4.78 is 7.19. The molecule has 0 saturated carbocycles. The monoisotopic (exact) mass is 436 g/mol. The van der Waals surface area contributed by atoms with Crippen molar-refractivity contribution in [3.8, 4) is 21.8 Å². The van der Waals surface area contributed by atoms with E-state index in [1.54, 1.807) is 11.3 Å². The molecule has 3 heterocycles. The number of hydrogen-bond donors (Lipinski definition) is 1. The smallest absolute Gasteiger partial charge is 0.226 e. The van der Waals surface area contributed by atoms with Crippen molar-refractivity contribution in [2.45, 2.75) is 32.7 Å². The summed E-state index contributed by atoms with van der Waals surface area (Å²) in [6.07, 6.45) is 3.99. The molecule has 0 atom stereocenters. The van der Waals surface area contributed by atoms with Crippen LogP contribution in [-0.2, 0) is 21.5 Å². The van der Waals surface area contributed by atoms with E-state index in [1.165, 1.54) is 0 Å². The molecule has 1 aromatic carbocycles. The van der Waals surface area contributed by atoms with Crippen molar-refractivity contribution >= 4 is 23.3 Å². The third-order valence-electron chi connectivity index (χ3n) is 5.24. The number of nitrogens with one attached hydrogen (secondary N) is 1. The molecule has 1 saturated heterocycles. The first kappa shape index (κ1) is 21.5. The Kier molecular flexibility index (Phi) is 6.07. The van der Waals surface area contributed by atoms with Crippen LogP contribution in [0.25, 0.3) is 27.9 Å². The number of rotatable bonds is 7. The highest BCUT2D eigenvalue weighted by atomic mass is 32.1. The number of carbonyl (C=O) groups is 1. The van der Waals surface area contributed by atoms with E-state index >= 15 is 0 Å². The van der Waals surface area contributed by atoms with Crippen LogP contribution in [0.15, 0.2) is 42.4 Å². The van der Waals surface area contributed by atoms with Gasteiger partial charge in [-0.3, -0.25) is 9.48 Å². The molecule has 1 aliphatic rings. The minimum Gasteiger partial charge on any atom is -0.381 e. The van der Waals surface area contributed by atoms with Crippen LogP contribution in [-0.4, -0.2) is 40.4 Å². The molecule has 0 spiro atoms. The average molecular weight is 437 g/mol. The SMILES string of the molecule is C=Cc1ccc(-c2c(-c3nc(CC(=O)NCC4COC4)cs3)cnn2C(C)(C)C)cc1. The quantitative estimate of drug-likeness (QED) is 0.597. The summed E-state index contributed by atoms with van der Waals surface area (Å²) in [6.45, 7) is 12.4. The second kappa shape index (κ2) is 8.77. The van der Waals surface area contributed by atoms with Gasteiger partial charge in [0.2, 0.25) is 5.91 Å². The van der Waals surface area contributed by atoms with E-state index in [2.05, 4.69) is 62.0 Å². The maximum atomic E-state index is 12.3. The first-order valence-electron chi connectivity index (χ1n) is 10.5. The van der Waals surface area contributed by atoms with E-state index < -0.39 is 0 Å². The van der Waals surface area contributed by atoms with Crippen LogP contribution in [0.2, 0.25) is 0 Å². The first-order valence-corrected chi connectivity index (χ1v) is 11.3. The van der Waals surface area contributed by atoms with Gasteiger partial charge < -0.3 is 10.1 Å². The number of benzene rings is 1. The molecule has 2 aromatic heterocycles. The van der Waals surface area contributed by atoms with Crippen LogP contribution < -0.4 is 5.32 Å². The molecule has 3 aromatic rings. The van der Waals surface area contributed by atoms with Gasteiger partial charge in [-0.25, -0.2) is 4.98 Å². The van der Waals surface area contributed by atoms with E-state index in [0.29, 0.717) is 12.5 Å². The van der Waals surface area contributed by atoms with E-state index in [1.807, 2.05) is 22.3 Å². The largest absolute Gasteiger partial charge is 0.381 e. The number of hydrogen-bond acceptors (Lipinski definition) is 5. The summed E-state index contributed by atoms with van der Waals surface area (Å²) in [5.41, 5.74) is 4.74. The summed E-state index contributed by atoms with van der Waals surface area (Å²) >= 11 is 1.54. The van der Waals surface area contributed by atoms with Crippen LogP contribution in [0, 0.1) is 5.92 Å². The number of nitrogens with zero attached hydrogens (tertiary/aromatic N) is 3. The Labute approximate surface area is 187 Å². The Morgan fingerprint density at radius 2 is 2.06 bits per heavy atom. The fourth-order valence-corrected chi connectivity index (χ4v) is 4.30. The van der Waals surface area contributed by atoms with Gasteiger partial charge in [0.05, 0.1) is 48.3 Å². The summed E-state index contributed by atoms with van der Waals surface area (Å²) in [6, 6.07) is 8.28. The van der Waals surface area contributed by atoms with E-state index in [-0.39, 0.29) is 17.9 Å². The highest BCUT2D eigenvalue weighted by Gasteiger charge is 2.24. The lowest BCUT2D eigenvalue weighted by Crippen LogP contribution is -2.39. The van der Waals surface area contributed by atoms with Gasteiger partial charge in [0, 0.05) is 23.4 Å².